The minimum Gasteiger partial charge on any atom is -0.379 e. The molecule has 29 heavy (non-hydrogen) atoms. The van der Waals surface area contributed by atoms with E-state index in [4.69, 9.17) is 4.74 Å². The zero-order valence-corrected chi connectivity index (χ0v) is 15.3. The Labute approximate surface area is 164 Å². The minimum atomic E-state index is -4.90. The van der Waals surface area contributed by atoms with E-state index < -0.39 is 29.3 Å². The number of morpholine rings is 1. The summed E-state index contributed by atoms with van der Waals surface area (Å²) in [5, 5.41) is 2.60. The van der Waals surface area contributed by atoms with Crippen molar-refractivity contribution in [1.29, 1.82) is 0 Å². The average molecular weight is 414 g/mol. The van der Waals surface area contributed by atoms with E-state index in [0.717, 1.165) is 11.6 Å². The highest BCUT2D eigenvalue weighted by Crippen LogP contribution is 2.32. The van der Waals surface area contributed by atoms with Crippen LogP contribution in [0.3, 0.4) is 0 Å². The van der Waals surface area contributed by atoms with Crippen LogP contribution in [0.5, 0.6) is 0 Å². The lowest BCUT2D eigenvalue weighted by Crippen LogP contribution is -2.43. The fraction of sp³-hybridized carbons (Fsp3) is 0.350. The van der Waals surface area contributed by atoms with Gasteiger partial charge in [0.05, 0.1) is 24.8 Å². The Balaban J connectivity index is 1.76. The average Bonchev–Trinajstić information content (AvgIpc) is 2.69. The molecule has 2 aromatic rings. The van der Waals surface area contributed by atoms with Crippen LogP contribution in [0, 0.1) is 11.6 Å². The van der Waals surface area contributed by atoms with Crippen molar-refractivity contribution in [2.24, 2.45) is 0 Å². The van der Waals surface area contributed by atoms with Crippen LogP contribution >= 0.6 is 0 Å². The van der Waals surface area contributed by atoms with Gasteiger partial charge in [0.1, 0.15) is 11.6 Å². The summed E-state index contributed by atoms with van der Waals surface area (Å²) in [6, 6.07) is 7.61. The first-order chi connectivity index (χ1) is 13.8. The summed E-state index contributed by atoms with van der Waals surface area (Å²) in [4.78, 5) is 14.4. The third-order valence-corrected chi connectivity index (χ3v) is 4.73. The van der Waals surface area contributed by atoms with Crippen molar-refractivity contribution in [3.63, 3.8) is 0 Å². The van der Waals surface area contributed by atoms with Crippen LogP contribution in [0.15, 0.2) is 42.5 Å². The van der Waals surface area contributed by atoms with Crippen molar-refractivity contribution in [1.82, 2.24) is 10.2 Å². The Bertz CT molecular complexity index is 849. The molecular formula is C20H19F5N2O2. The lowest BCUT2D eigenvalue weighted by Gasteiger charge is -2.35. The normalized spacial score (nSPS) is 16.4. The first-order valence-electron chi connectivity index (χ1n) is 8.98. The molecule has 1 N–H and O–H groups in total. The van der Waals surface area contributed by atoms with E-state index in [1.807, 2.05) is 4.90 Å². The van der Waals surface area contributed by atoms with E-state index in [2.05, 4.69) is 5.32 Å². The number of nitrogens with zero attached hydrogens (tertiary/aromatic N) is 1. The molecule has 1 aliphatic rings. The molecule has 2 aromatic carbocycles. The van der Waals surface area contributed by atoms with Crippen molar-refractivity contribution < 1.29 is 31.5 Å². The van der Waals surface area contributed by atoms with Crippen molar-refractivity contribution in [3.05, 3.63) is 70.8 Å². The molecule has 9 heteroatoms. The molecule has 3 rings (SSSR count). The number of carbonyl (C=O) groups is 1. The quantitative estimate of drug-likeness (QED) is 0.758. The van der Waals surface area contributed by atoms with Crippen LogP contribution in [0.4, 0.5) is 22.0 Å². The molecule has 0 saturated carbocycles. The van der Waals surface area contributed by atoms with Crippen molar-refractivity contribution >= 4 is 5.91 Å². The van der Waals surface area contributed by atoms with Gasteiger partial charge in [-0.3, -0.25) is 9.69 Å². The lowest BCUT2D eigenvalue weighted by molar-refractivity contribution is -0.140. The van der Waals surface area contributed by atoms with Crippen LogP contribution < -0.4 is 5.32 Å². The van der Waals surface area contributed by atoms with E-state index in [1.54, 1.807) is 12.1 Å². The second-order valence-corrected chi connectivity index (χ2v) is 6.62. The fourth-order valence-electron chi connectivity index (χ4n) is 3.21. The summed E-state index contributed by atoms with van der Waals surface area (Å²) in [6.45, 7) is 2.26. The monoisotopic (exact) mass is 414 g/mol. The number of carbonyl (C=O) groups excluding carboxylic acids is 1. The highest BCUT2D eigenvalue weighted by molar-refractivity contribution is 5.94. The molecule has 4 nitrogen and oxygen atoms in total. The van der Waals surface area contributed by atoms with Crippen molar-refractivity contribution in [2.75, 3.05) is 32.8 Å². The minimum absolute atomic E-state index is 0.0865. The number of rotatable bonds is 5. The maximum absolute atomic E-state index is 13.4. The lowest BCUT2D eigenvalue weighted by atomic mass is 10.0. The Hall–Kier alpha value is -2.52. The molecule has 0 radical (unpaired) electrons. The summed E-state index contributed by atoms with van der Waals surface area (Å²) in [5.74, 6) is -2.59. The van der Waals surface area contributed by atoms with Gasteiger partial charge in [0.15, 0.2) is 0 Å². The topological polar surface area (TPSA) is 41.6 Å². The largest absolute Gasteiger partial charge is 0.419 e. The number of halogens is 5. The van der Waals surface area contributed by atoms with Gasteiger partial charge in [0.2, 0.25) is 0 Å². The maximum atomic E-state index is 13.4. The molecule has 1 aliphatic heterocycles. The summed E-state index contributed by atoms with van der Waals surface area (Å²) in [6.07, 6.45) is -4.90. The van der Waals surface area contributed by atoms with Crippen molar-refractivity contribution in [3.8, 4) is 0 Å². The first-order valence-corrected chi connectivity index (χ1v) is 8.98. The third kappa shape index (κ3) is 5.30. The summed E-state index contributed by atoms with van der Waals surface area (Å²) in [5.41, 5.74) is -1.03. The van der Waals surface area contributed by atoms with Gasteiger partial charge in [-0.15, -0.1) is 0 Å². The van der Waals surface area contributed by atoms with Crippen LogP contribution in [0.1, 0.15) is 27.5 Å². The van der Waals surface area contributed by atoms with Gasteiger partial charge in [0, 0.05) is 25.2 Å². The predicted octanol–water partition coefficient (Wildman–Crippen LogP) is 3.79. The number of ether oxygens (including phenoxy) is 1. The molecule has 1 unspecified atom stereocenters. The first kappa shape index (κ1) is 21.2. The Morgan fingerprint density at radius 3 is 2.34 bits per heavy atom. The molecule has 1 fully saturated rings. The zero-order chi connectivity index (χ0) is 21.0. The van der Waals surface area contributed by atoms with E-state index in [1.165, 1.54) is 12.1 Å². The van der Waals surface area contributed by atoms with Crippen LogP contribution in [-0.4, -0.2) is 43.7 Å². The molecule has 1 heterocycles. The fourth-order valence-corrected chi connectivity index (χ4v) is 3.21. The van der Waals surface area contributed by atoms with Gasteiger partial charge in [0.25, 0.3) is 5.91 Å². The van der Waals surface area contributed by atoms with Crippen LogP contribution in [0.2, 0.25) is 0 Å². The molecule has 156 valence electrons. The number of hydrogen-bond donors (Lipinski definition) is 1. The highest BCUT2D eigenvalue weighted by Gasteiger charge is 2.34. The van der Waals surface area contributed by atoms with Crippen LogP contribution in [0.25, 0.3) is 0 Å². The number of alkyl halides is 3. The summed E-state index contributed by atoms with van der Waals surface area (Å²) >= 11 is 0. The van der Waals surface area contributed by atoms with E-state index in [-0.39, 0.29) is 18.2 Å². The Morgan fingerprint density at radius 1 is 1.07 bits per heavy atom. The summed E-state index contributed by atoms with van der Waals surface area (Å²) in [7, 11) is 0. The van der Waals surface area contributed by atoms with E-state index >= 15 is 0 Å². The molecule has 0 bridgehead atoms. The van der Waals surface area contributed by atoms with Gasteiger partial charge in [-0.25, -0.2) is 8.78 Å². The number of hydrogen-bond acceptors (Lipinski definition) is 3. The van der Waals surface area contributed by atoms with Gasteiger partial charge in [-0.05, 0) is 35.9 Å². The highest BCUT2D eigenvalue weighted by atomic mass is 19.4. The van der Waals surface area contributed by atoms with Crippen molar-refractivity contribution in [2.45, 2.75) is 12.2 Å². The van der Waals surface area contributed by atoms with Gasteiger partial charge < -0.3 is 10.1 Å². The SMILES string of the molecule is O=C(NCC(c1ccc(F)cc1)N1CCOCC1)c1ccc(F)c(C(F)(F)F)c1. The van der Waals surface area contributed by atoms with Gasteiger partial charge in [-0.2, -0.15) is 13.2 Å². The van der Waals surface area contributed by atoms with E-state index in [0.29, 0.717) is 38.4 Å². The molecule has 0 spiro atoms. The maximum Gasteiger partial charge on any atom is 0.419 e. The van der Waals surface area contributed by atoms with Gasteiger partial charge in [-0.1, -0.05) is 12.1 Å². The Kier molecular flexibility index (Phi) is 6.49. The molecule has 0 aliphatic carbocycles. The predicted molar refractivity (Wildman–Crippen MR) is 95.3 cm³/mol. The van der Waals surface area contributed by atoms with Crippen LogP contribution in [-0.2, 0) is 10.9 Å². The standard InChI is InChI=1S/C20H19F5N2O2/c21-15-4-1-13(2-5-15)18(27-7-9-29-10-8-27)12-26-19(28)14-3-6-17(22)16(11-14)20(23,24)25/h1-6,11,18H,7-10,12H2,(H,26,28). The number of amides is 1. The van der Waals surface area contributed by atoms with E-state index in [9.17, 15) is 26.7 Å². The number of benzene rings is 2. The zero-order valence-electron chi connectivity index (χ0n) is 15.3. The molecular weight excluding hydrogens is 395 g/mol. The summed E-state index contributed by atoms with van der Waals surface area (Å²) < 4.78 is 70.7. The third-order valence-electron chi connectivity index (χ3n) is 4.73. The molecule has 1 amide bonds. The molecule has 1 saturated heterocycles. The Morgan fingerprint density at radius 2 is 1.72 bits per heavy atom. The second kappa shape index (κ2) is 8.87. The van der Waals surface area contributed by atoms with Gasteiger partial charge >= 0.3 is 6.18 Å². The smallest absolute Gasteiger partial charge is 0.379 e. The molecule has 0 aromatic heterocycles. The number of nitrogens with one attached hydrogen (secondary N) is 1. The second-order valence-electron chi connectivity index (χ2n) is 6.62. The molecule has 1 atom stereocenters.